The van der Waals surface area contributed by atoms with Crippen LogP contribution in [0.4, 0.5) is 4.79 Å². The number of hydrogen-bond acceptors (Lipinski definition) is 4. The molecule has 3 rings (SSSR count). The van der Waals surface area contributed by atoms with Crippen molar-refractivity contribution in [1.82, 2.24) is 24.7 Å². The van der Waals surface area contributed by atoms with Crippen molar-refractivity contribution in [1.29, 1.82) is 0 Å². The topological polar surface area (TPSA) is 66.5 Å². The van der Waals surface area contributed by atoms with E-state index < -0.39 is 0 Å². The Morgan fingerprint density at radius 2 is 2.44 bits per heavy atom. The van der Waals surface area contributed by atoms with Crippen molar-refractivity contribution in [2.24, 2.45) is 5.92 Å². The summed E-state index contributed by atoms with van der Waals surface area (Å²) in [4.78, 5) is 20.4. The fraction of sp³-hybridized carbons (Fsp3) is 0.556. The summed E-state index contributed by atoms with van der Waals surface area (Å²) in [5, 5.41) is 3.07. The summed E-state index contributed by atoms with van der Waals surface area (Å²) < 4.78 is 7.40. The molecule has 2 aromatic heterocycles. The monoisotopic (exact) mass is 345 g/mol. The second-order valence-corrected chi connectivity index (χ2v) is 6.73. The summed E-state index contributed by atoms with van der Waals surface area (Å²) in [6.07, 6.45) is 9.46. The number of nitrogens with one attached hydrogen (secondary N) is 1. The SMILES string of the molecule is CN(CCn1ccnc1)C(=O)NCC1CCCN(Cc2ccco2)C1. The summed E-state index contributed by atoms with van der Waals surface area (Å²) in [5.41, 5.74) is 0. The van der Waals surface area contributed by atoms with Crippen molar-refractivity contribution in [2.45, 2.75) is 25.9 Å². The Labute approximate surface area is 148 Å². The van der Waals surface area contributed by atoms with Gasteiger partial charge in [0.25, 0.3) is 0 Å². The lowest BCUT2D eigenvalue weighted by Gasteiger charge is -2.32. The molecule has 2 amide bonds. The Morgan fingerprint density at radius 3 is 3.20 bits per heavy atom. The predicted molar refractivity (Wildman–Crippen MR) is 95.0 cm³/mol. The van der Waals surface area contributed by atoms with Crippen molar-refractivity contribution in [3.8, 4) is 0 Å². The molecule has 1 saturated heterocycles. The fourth-order valence-corrected chi connectivity index (χ4v) is 3.24. The number of nitrogens with zero attached hydrogens (tertiary/aromatic N) is 4. The Bertz CT molecular complexity index is 626. The first-order chi connectivity index (χ1) is 12.2. The van der Waals surface area contributed by atoms with E-state index in [2.05, 4.69) is 15.2 Å². The minimum Gasteiger partial charge on any atom is -0.468 e. The molecule has 1 fully saturated rings. The average molecular weight is 345 g/mol. The van der Waals surface area contributed by atoms with E-state index in [1.807, 2.05) is 29.9 Å². The van der Waals surface area contributed by atoms with Crippen LogP contribution in [-0.2, 0) is 13.1 Å². The number of imidazole rings is 1. The minimum absolute atomic E-state index is 0.0109. The van der Waals surface area contributed by atoms with E-state index in [1.165, 1.54) is 0 Å². The molecule has 0 bridgehead atoms. The zero-order valence-corrected chi connectivity index (χ0v) is 14.8. The van der Waals surface area contributed by atoms with Gasteiger partial charge in [-0.1, -0.05) is 0 Å². The number of hydrogen-bond donors (Lipinski definition) is 1. The van der Waals surface area contributed by atoms with Gasteiger partial charge in [0.1, 0.15) is 5.76 Å². The lowest BCUT2D eigenvalue weighted by atomic mass is 9.98. The molecule has 136 valence electrons. The summed E-state index contributed by atoms with van der Waals surface area (Å²) >= 11 is 0. The molecular formula is C18H27N5O2. The third-order valence-electron chi connectivity index (χ3n) is 4.70. The first-order valence-corrected chi connectivity index (χ1v) is 8.90. The highest BCUT2D eigenvalue weighted by Gasteiger charge is 2.21. The van der Waals surface area contributed by atoms with Crippen LogP contribution in [0.2, 0.25) is 0 Å². The molecule has 1 unspecified atom stereocenters. The summed E-state index contributed by atoms with van der Waals surface area (Å²) in [5.74, 6) is 1.50. The highest BCUT2D eigenvalue weighted by Crippen LogP contribution is 2.18. The number of likely N-dealkylation sites (tertiary alicyclic amines) is 1. The van der Waals surface area contributed by atoms with Crippen LogP contribution < -0.4 is 5.32 Å². The first-order valence-electron chi connectivity index (χ1n) is 8.90. The van der Waals surface area contributed by atoms with Crippen LogP contribution in [0.5, 0.6) is 0 Å². The lowest BCUT2D eigenvalue weighted by Crippen LogP contribution is -2.44. The maximum atomic E-state index is 12.2. The van der Waals surface area contributed by atoms with Crippen LogP contribution in [0.25, 0.3) is 0 Å². The second kappa shape index (κ2) is 8.71. The standard InChI is InChI=1S/C18H27N5O2/c1-21(9-10-22-8-6-19-15-22)18(24)20-12-16-4-2-7-23(13-16)14-17-5-3-11-25-17/h3,5-6,8,11,15-16H,2,4,7,9-10,12-14H2,1H3,(H,20,24). The van der Waals surface area contributed by atoms with Gasteiger partial charge in [0.15, 0.2) is 0 Å². The smallest absolute Gasteiger partial charge is 0.317 e. The predicted octanol–water partition coefficient (Wildman–Crippen LogP) is 2.03. The molecular weight excluding hydrogens is 318 g/mol. The van der Waals surface area contributed by atoms with E-state index in [9.17, 15) is 4.79 Å². The number of carbonyl (C=O) groups excluding carboxylic acids is 1. The van der Waals surface area contributed by atoms with Crippen LogP contribution in [0, 0.1) is 5.92 Å². The minimum atomic E-state index is -0.0109. The number of likely N-dealkylation sites (N-methyl/N-ethyl adjacent to an activating group) is 1. The molecule has 1 atom stereocenters. The molecule has 1 aliphatic heterocycles. The Balaban J connectivity index is 1.37. The van der Waals surface area contributed by atoms with Gasteiger partial charge in [-0.05, 0) is 37.4 Å². The molecule has 1 aliphatic rings. The van der Waals surface area contributed by atoms with Gasteiger partial charge < -0.3 is 19.2 Å². The summed E-state index contributed by atoms with van der Waals surface area (Å²) in [7, 11) is 1.83. The molecule has 0 saturated carbocycles. The van der Waals surface area contributed by atoms with E-state index in [4.69, 9.17) is 4.42 Å². The van der Waals surface area contributed by atoms with E-state index in [0.29, 0.717) is 12.5 Å². The number of aromatic nitrogens is 2. The average Bonchev–Trinajstić information content (AvgIpc) is 3.31. The van der Waals surface area contributed by atoms with Crippen LogP contribution in [-0.4, -0.2) is 58.6 Å². The van der Waals surface area contributed by atoms with Gasteiger partial charge in [-0.3, -0.25) is 4.90 Å². The second-order valence-electron chi connectivity index (χ2n) is 6.73. The molecule has 3 heterocycles. The van der Waals surface area contributed by atoms with Gasteiger partial charge in [0.05, 0.1) is 19.1 Å². The van der Waals surface area contributed by atoms with Crippen molar-refractivity contribution in [2.75, 3.05) is 33.2 Å². The largest absolute Gasteiger partial charge is 0.468 e. The molecule has 1 N–H and O–H groups in total. The molecule has 0 spiro atoms. The van der Waals surface area contributed by atoms with E-state index in [0.717, 1.165) is 51.3 Å². The van der Waals surface area contributed by atoms with Gasteiger partial charge in [-0.15, -0.1) is 0 Å². The third kappa shape index (κ3) is 5.35. The molecule has 7 nitrogen and oxygen atoms in total. The number of furan rings is 1. The molecule has 7 heteroatoms. The number of urea groups is 1. The number of piperidine rings is 1. The number of rotatable bonds is 7. The Kier molecular flexibility index (Phi) is 6.11. The Morgan fingerprint density at radius 1 is 1.52 bits per heavy atom. The van der Waals surface area contributed by atoms with Crippen molar-refractivity contribution < 1.29 is 9.21 Å². The summed E-state index contributed by atoms with van der Waals surface area (Å²) in [6, 6.07) is 3.93. The van der Waals surface area contributed by atoms with E-state index >= 15 is 0 Å². The highest BCUT2D eigenvalue weighted by atomic mass is 16.3. The van der Waals surface area contributed by atoms with E-state index in [1.54, 1.807) is 23.7 Å². The zero-order chi connectivity index (χ0) is 17.5. The van der Waals surface area contributed by atoms with Crippen LogP contribution in [0.15, 0.2) is 41.5 Å². The molecule has 0 radical (unpaired) electrons. The van der Waals surface area contributed by atoms with E-state index in [-0.39, 0.29) is 6.03 Å². The number of carbonyl (C=O) groups is 1. The fourth-order valence-electron chi connectivity index (χ4n) is 3.24. The molecule has 25 heavy (non-hydrogen) atoms. The molecule has 0 aliphatic carbocycles. The molecule has 0 aromatic carbocycles. The van der Waals surface area contributed by atoms with Crippen molar-refractivity contribution in [3.05, 3.63) is 42.9 Å². The lowest BCUT2D eigenvalue weighted by molar-refractivity contribution is 0.152. The number of amides is 2. The van der Waals surface area contributed by atoms with Gasteiger partial charge in [0.2, 0.25) is 0 Å². The van der Waals surface area contributed by atoms with Gasteiger partial charge >= 0.3 is 6.03 Å². The summed E-state index contributed by atoms with van der Waals surface area (Å²) in [6.45, 7) is 5.09. The normalized spacial score (nSPS) is 18.2. The third-order valence-corrected chi connectivity index (χ3v) is 4.70. The zero-order valence-electron chi connectivity index (χ0n) is 14.8. The van der Waals surface area contributed by atoms with Crippen LogP contribution in [0.3, 0.4) is 0 Å². The van der Waals surface area contributed by atoms with Crippen LogP contribution in [0.1, 0.15) is 18.6 Å². The first kappa shape index (κ1) is 17.5. The van der Waals surface area contributed by atoms with Crippen molar-refractivity contribution in [3.63, 3.8) is 0 Å². The maximum Gasteiger partial charge on any atom is 0.317 e. The van der Waals surface area contributed by atoms with Gasteiger partial charge in [0, 0.05) is 45.6 Å². The Hall–Kier alpha value is -2.28. The van der Waals surface area contributed by atoms with Crippen molar-refractivity contribution >= 4 is 6.03 Å². The highest BCUT2D eigenvalue weighted by molar-refractivity contribution is 5.73. The quantitative estimate of drug-likeness (QED) is 0.834. The van der Waals surface area contributed by atoms with Gasteiger partial charge in [-0.25, -0.2) is 9.78 Å². The maximum absolute atomic E-state index is 12.2. The van der Waals surface area contributed by atoms with Gasteiger partial charge in [-0.2, -0.15) is 0 Å². The van der Waals surface area contributed by atoms with Crippen LogP contribution >= 0.6 is 0 Å². The molecule has 2 aromatic rings.